The standard InChI is InChI=1S/C14H15F2N3O2/c1-3-4-12-13(14(20)21-2)17-18-19(12)8-9-5-6-10(15)11(16)7-9/h5-7H,3-4,8H2,1-2H3. The van der Waals surface area contributed by atoms with E-state index in [9.17, 15) is 13.6 Å². The molecule has 0 fully saturated rings. The molecule has 7 heteroatoms. The Labute approximate surface area is 120 Å². The van der Waals surface area contributed by atoms with Crippen molar-refractivity contribution in [3.63, 3.8) is 0 Å². The fraction of sp³-hybridized carbons (Fsp3) is 0.357. The number of hydrogen-bond donors (Lipinski definition) is 0. The molecule has 0 saturated heterocycles. The van der Waals surface area contributed by atoms with Crippen molar-refractivity contribution in [3.8, 4) is 0 Å². The van der Waals surface area contributed by atoms with E-state index >= 15 is 0 Å². The van der Waals surface area contributed by atoms with Crippen molar-refractivity contribution in [1.29, 1.82) is 0 Å². The first-order valence-electron chi connectivity index (χ1n) is 6.51. The molecule has 0 spiro atoms. The molecule has 2 aromatic rings. The Kier molecular flexibility index (Phi) is 4.62. The van der Waals surface area contributed by atoms with E-state index in [1.807, 2.05) is 6.92 Å². The van der Waals surface area contributed by atoms with E-state index in [1.165, 1.54) is 17.9 Å². The van der Waals surface area contributed by atoms with Crippen molar-refractivity contribution < 1.29 is 18.3 Å². The summed E-state index contributed by atoms with van der Waals surface area (Å²) in [5, 5.41) is 7.71. The van der Waals surface area contributed by atoms with Crippen LogP contribution < -0.4 is 0 Å². The third kappa shape index (κ3) is 3.24. The zero-order chi connectivity index (χ0) is 15.4. The number of carbonyl (C=O) groups excluding carboxylic acids is 1. The predicted octanol–water partition coefficient (Wildman–Crippen LogP) is 2.34. The highest BCUT2D eigenvalue weighted by molar-refractivity contribution is 5.88. The molecular formula is C14H15F2N3O2. The Morgan fingerprint density at radius 2 is 2.10 bits per heavy atom. The lowest BCUT2D eigenvalue weighted by molar-refractivity contribution is 0.0592. The fourth-order valence-electron chi connectivity index (χ4n) is 2.01. The van der Waals surface area contributed by atoms with Crippen LogP contribution in [0.25, 0.3) is 0 Å². The zero-order valence-electron chi connectivity index (χ0n) is 11.8. The highest BCUT2D eigenvalue weighted by Gasteiger charge is 2.19. The van der Waals surface area contributed by atoms with Crippen LogP contribution in [0.15, 0.2) is 18.2 Å². The molecule has 0 aliphatic carbocycles. The summed E-state index contributed by atoms with van der Waals surface area (Å²) in [5.41, 5.74) is 1.31. The van der Waals surface area contributed by atoms with Crippen molar-refractivity contribution in [2.45, 2.75) is 26.3 Å². The number of ether oxygens (including phenoxy) is 1. The molecule has 1 aromatic heterocycles. The van der Waals surface area contributed by atoms with Gasteiger partial charge in [0, 0.05) is 0 Å². The van der Waals surface area contributed by atoms with Gasteiger partial charge in [0.15, 0.2) is 17.3 Å². The maximum Gasteiger partial charge on any atom is 0.360 e. The number of aromatic nitrogens is 3. The van der Waals surface area contributed by atoms with E-state index in [2.05, 4.69) is 15.0 Å². The number of esters is 1. The van der Waals surface area contributed by atoms with Gasteiger partial charge in [-0.2, -0.15) is 0 Å². The van der Waals surface area contributed by atoms with Gasteiger partial charge in [-0.1, -0.05) is 24.6 Å². The number of hydrogen-bond acceptors (Lipinski definition) is 4. The molecule has 21 heavy (non-hydrogen) atoms. The van der Waals surface area contributed by atoms with Gasteiger partial charge in [-0.15, -0.1) is 5.10 Å². The van der Waals surface area contributed by atoms with Gasteiger partial charge in [-0.05, 0) is 24.1 Å². The molecule has 112 valence electrons. The van der Waals surface area contributed by atoms with E-state index < -0.39 is 17.6 Å². The van der Waals surface area contributed by atoms with Crippen molar-refractivity contribution in [1.82, 2.24) is 15.0 Å². The summed E-state index contributed by atoms with van der Waals surface area (Å²) < 4.78 is 32.3. The van der Waals surface area contributed by atoms with E-state index in [0.717, 1.165) is 18.6 Å². The fourth-order valence-corrected chi connectivity index (χ4v) is 2.01. The number of halogens is 2. The molecule has 0 unspecified atom stereocenters. The summed E-state index contributed by atoms with van der Waals surface area (Å²) >= 11 is 0. The Hall–Kier alpha value is -2.31. The Morgan fingerprint density at radius 3 is 2.71 bits per heavy atom. The van der Waals surface area contributed by atoms with Crippen LogP contribution in [0, 0.1) is 11.6 Å². The summed E-state index contributed by atoms with van der Waals surface area (Å²) in [4.78, 5) is 11.6. The molecule has 0 radical (unpaired) electrons. The average Bonchev–Trinajstić information content (AvgIpc) is 2.85. The van der Waals surface area contributed by atoms with Crippen molar-refractivity contribution >= 4 is 5.97 Å². The van der Waals surface area contributed by atoms with Crippen LogP contribution in [-0.4, -0.2) is 28.1 Å². The molecule has 2 rings (SSSR count). The maximum absolute atomic E-state index is 13.2. The lowest BCUT2D eigenvalue weighted by Gasteiger charge is -2.07. The summed E-state index contributed by atoms with van der Waals surface area (Å²) in [7, 11) is 1.27. The molecule has 0 aliphatic rings. The molecule has 0 aliphatic heterocycles. The van der Waals surface area contributed by atoms with E-state index in [-0.39, 0.29) is 12.2 Å². The van der Waals surface area contributed by atoms with E-state index in [1.54, 1.807) is 0 Å². The number of methoxy groups -OCH3 is 1. The number of rotatable bonds is 5. The van der Waals surface area contributed by atoms with Crippen LogP contribution in [0.3, 0.4) is 0 Å². The molecular weight excluding hydrogens is 280 g/mol. The third-order valence-electron chi connectivity index (χ3n) is 3.02. The number of carbonyl (C=O) groups is 1. The van der Waals surface area contributed by atoms with Gasteiger partial charge in [0.25, 0.3) is 0 Å². The quantitative estimate of drug-likeness (QED) is 0.794. The highest BCUT2D eigenvalue weighted by atomic mass is 19.2. The van der Waals surface area contributed by atoms with Crippen LogP contribution in [0.4, 0.5) is 8.78 Å². The van der Waals surface area contributed by atoms with Gasteiger partial charge < -0.3 is 4.74 Å². The van der Waals surface area contributed by atoms with E-state index in [4.69, 9.17) is 0 Å². The monoisotopic (exact) mass is 295 g/mol. The van der Waals surface area contributed by atoms with Gasteiger partial charge in [-0.25, -0.2) is 18.3 Å². The second-order valence-electron chi connectivity index (χ2n) is 4.53. The molecule has 1 aromatic carbocycles. The average molecular weight is 295 g/mol. The Bertz CT molecular complexity index is 656. The van der Waals surface area contributed by atoms with Crippen LogP contribution in [0.5, 0.6) is 0 Å². The summed E-state index contributed by atoms with van der Waals surface area (Å²) in [6, 6.07) is 3.63. The lowest BCUT2D eigenvalue weighted by Crippen LogP contribution is -2.10. The molecule has 0 atom stereocenters. The summed E-state index contributed by atoms with van der Waals surface area (Å²) in [6.45, 7) is 2.16. The molecule has 0 bridgehead atoms. The van der Waals surface area contributed by atoms with Gasteiger partial charge >= 0.3 is 5.97 Å². The van der Waals surface area contributed by atoms with Gasteiger partial charge in [-0.3, -0.25) is 0 Å². The van der Waals surface area contributed by atoms with Crippen LogP contribution in [-0.2, 0) is 17.7 Å². The molecule has 0 saturated carbocycles. The minimum atomic E-state index is -0.919. The molecule has 1 heterocycles. The minimum Gasteiger partial charge on any atom is -0.464 e. The van der Waals surface area contributed by atoms with Gasteiger partial charge in [0.2, 0.25) is 0 Å². The first-order chi connectivity index (χ1) is 10.1. The van der Waals surface area contributed by atoms with Crippen molar-refractivity contribution in [2.75, 3.05) is 7.11 Å². The zero-order valence-corrected chi connectivity index (χ0v) is 11.8. The highest BCUT2D eigenvalue weighted by Crippen LogP contribution is 2.14. The smallest absolute Gasteiger partial charge is 0.360 e. The second-order valence-corrected chi connectivity index (χ2v) is 4.53. The predicted molar refractivity (Wildman–Crippen MR) is 70.8 cm³/mol. The normalized spacial score (nSPS) is 10.7. The van der Waals surface area contributed by atoms with Gasteiger partial charge in [0.05, 0.1) is 19.3 Å². The van der Waals surface area contributed by atoms with Crippen LogP contribution >= 0.6 is 0 Å². The summed E-state index contributed by atoms with van der Waals surface area (Å²) in [6.07, 6.45) is 1.37. The second kappa shape index (κ2) is 6.43. The van der Waals surface area contributed by atoms with Crippen LogP contribution in [0.1, 0.15) is 35.1 Å². The van der Waals surface area contributed by atoms with Crippen molar-refractivity contribution in [2.24, 2.45) is 0 Å². The first kappa shape index (κ1) is 15.1. The first-order valence-corrected chi connectivity index (χ1v) is 6.51. The Balaban J connectivity index is 2.32. The van der Waals surface area contributed by atoms with Crippen LogP contribution in [0.2, 0.25) is 0 Å². The lowest BCUT2D eigenvalue weighted by atomic mass is 10.2. The van der Waals surface area contributed by atoms with E-state index in [0.29, 0.717) is 17.7 Å². The summed E-state index contributed by atoms with van der Waals surface area (Å²) in [5.74, 6) is -2.38. The Morgan fingerprint density at radius 1 is 1.33 bits per heavy atom. The largest absolute Gasteiger partial charge is 0.464 e. The number of nitrogens with zero attached hydrogens (tertiary/aromatic N) is 3. The topological polar surface area (TPSA) is 57.0 Å². The number of benzene rings is 1. The minimum absolute atomic E-state index is 0.155. The molecule has 0 amide bonds. The van der Waals surface area contributed by atoms with Crippen molar-refractivity contribution in [3.05, 3.63) is 46.8 Å². The van der Waals surface area contributed by atoms with Gasteiger partial charge in [0.1, 0.15) is 0 Å². The molecule has 0 N–H and O–H groups in total. The third-order valence-corrected chi connectivity index (χ3v) is 3.02. The maximum atomic E-state index is 13.2. The SMILES string of the molecule is CCCc1c(C(=O)OC)nnn1Cc1ccc(F)c(F)c1. The molecule has 5 nitrogen and oxygen atoms in total.